The molecule has 23 heavy (non-hydrogen) atoms. The average molecular weight is 305 g/mol. The monoisotopic (exact) mass is 305 g/mol. The van der Waals surface area contributed by atoms with Gasteiger partial charge in [0.15, 0.2) is 0 Å². The van der Waals surface area contributed by atoms with Gasteiger partial charge < -0.3 is 10.2 Å². The number of benzene rings is 1. The zero-order chi connectivity index (χ0) is 15.8. The van der Waals surface area contributed by atoms with Crippen LogP contribution in [-0.2, 0) is 0 Å². The molecule has 2 aliphatic heterocycles. The van der Waals surface area contributed by atoms with E-state index >= 15 is 0 Å². The molecule has 2 bridgehead atoms. The number of piperidine rings is 1. The van der Waals surface area contributed by atoms with Crippen molar-refractivity contribution < 1.29 is 4.79 Å². The zero-order valence-electron chi connectivity index (χ0n) is 13.0. The SMILES string of the molecule is C#Cc1ccc2cnc(C(=O)N[C@@H]3C[C@H]4CCN(C4)C3)cc2c1. The molecule has 1 N–H and O–H groups in total. The molecule has 1 aromatic carbocycles. The largest absolute Gasteiger partial charge is 0.347 e. The minimum absolute atomic E-state index is 0.0921. The Labute approximate surface area is 135 Å². The molecular weight excluding hydrogens is 286 g/mol. The van der Waals surface area contributed by atoms with Gasteiger partial charge in [0.25, 0.3) is 5.91 Å². The quantitative estimate of drug-likeness (QED) is 0.864. The number of nitrogens with one attached hydrogen (secondary N) is 1. The van der Waals surface area contributed by atoms with Crippen LogP contribution in [0.1, 0.15) is 28.9 Å². The van der Waals surface area contributed by atoms with Crippen molar-refractivity contribution in [3.63, 3.8) is 0 Å². The van der Waals surface area contributed by atoms with E-state index in [4.69, 9.17) is 6.42 Å². The van der Waals surface area contributed by atoms with E-state index in [-0.39, 0.29) is 11.9 Å². The molecule has 0 aliphatic carbocycles. The van der Waals surface area contributed by atoms with Crippen molar-refractivity contribution >= 4 is 16.7 Å². The smallest absolute Gasteiger partial charge is 0.270 e. The second-order valence-corrected chi connectivity index (χ2v) is 6.60. The fourth-order valence-electron chi connectivity index (χ4n) is 3.78. The van der Waals surface area contributed by atoms with E-state index in [1.54, 1.807) is 6.20 Å². The van der Waals surface area contributed by atoms with Gasteiger partial charge in [-0.1, -0.05) is 12.0 Å². The molecule has 3 heterocycles. The molecule has 2 aliphatic rings. The van der Waals surface area contributed by atoms with Gasteiger partial charge in [-0.25, -0.2) is 0 Å². The van der Waals surface area contributed by atoms with Crippen LogP contribution in [0.25, 0.3) is 10.8 Å². The molecule has 116 valence electrons. The standard InChI is InChI=1S/C19H19N3O/c1-2-13-3-4-15-10-20-18(9-16(15)7-13)19(23)21-17-8-14-5-6-22(11-14)12-17/h1,3-4,7,9-10,14,17H,5-6,8,11-12H2,(H,21,23)/t14-,17-/m1/s1. The van der Waals surface area contributed by atoms with E-state index in [9.17, 15) is 4.79 Å². The molecular formula is C19H19N3O. The summed E-state index contributed by atoms with van der Waals surface area (Å²) in [5.41, 5.74) is 1.27. The first-order valence-electron chi connectivity index (χ1n) is 8.11. The van der Waals surface area contributed by atoms with E-state index in [1.807, 2.05) is 24.3 Å². The highest BCUT2D eigenvalue weighted by Gasteiger charge is 2.33. The normalized spacial score (nSPS) is 26.0. The lowest BCUT2D eigenvalue weighted by Crippen LogP contribution is -2.47. The summed E-state index contributed by atoms with van der Waals surface area (Å²) in [7, 11) is 0. The fraction of sp³-hybridized carbons (Fsp3) is 0.368. The first-order valence-corrected chi connectivity index (χ1v) is 8.11. The number of fused-ring (bicyclic) bond motifs is 3. The van der Waals surface area contributed by atoms with Gasteiger partial charge in [0.2, 0.25) is 0 Å². The summed E-state index contributed by atoms with van der Waals surface area (Å²) in [6.07, 6.45) is 9.52. The van der Waals surface area contributed by atoms with E-state index < -0.39 is 0 Å². The van der Waals surface area contributed by atoms with Crippen LogP contribution in [0.5, 0.6) is 0 Å². The topological polar surface area (TPSA) is 45.2 Å². The number of carbonyl (C=O) groups is 1. The maximum atomic E-state index is 12.5. The van der Waals surface area contributed by atoms with Crippen molar-refractivity contribution in [3.05, 3.63) is 41.7 Å². The van der Waals surface area contributed by atoms with Crippen molar-refractivity contribution in [2.24, 2.45) is 5.92 Å². The van der Waals surface area contributed by atoms with Crippen molar-refractivity contribution in [1.29, 1.82) is 0 Å². The minimum atomic E-state index is -0.0921. The van der Waals surface area contributed by atoms with Crippen LogP contribution in [0, 0.1) is 18.3 Å². The Bertz CT molecular complexity index is 796. The van der Waals surface area contributed by atoms with Crippen LogP contribution in [0.4, 0.5) is 0 Å². The third-order valence-corrected chi connectivity index (χ3v) is 4.92. The second kappa shape index (κ2) is 5.68. The Hall–Kier alpha value is -2.38. The highest BCUT2D eigenvalue weighted by Crippen LogP contribution is 2.26. The number of carbonyl (C=O) groups excluding carboxylic acids is 1. The Morgan fingerprint density at radius 2 is 2.22 bits per heavy atom. The summed E-state index contributed by atoms with van der Waals surface area (Å²) in [6.45, 7) is 3.31. The van der Waals surface area contributed by atoms with E-state index in [0.717, 1.165) is 35.2 Å². The molecule has 1 amide bonds. The fourth-order valence-corrected chi connectivity index (χ4v) is 3.78. The van der Waals surface area contributed by atoms with Gasteiger partial charge in [-0.05, 0) is 48.9 Å². The highest BCUT2D eigenvalue weighted by molar-refractivity contribution is 5.96. The van der Waals surface area contributed by atoms with E-state index in [0.29, 0.717) is 5.69 Å². The van der Waals surface area contributed by atoms with Gasteiger partial charge in [-0.2, -0.15) is 0 Å². The number of aromatic nitrogens is 1. The van der Waals surface area contributed by atoms with Crippen LogP contribution in [0.2, 0.25) is 0 Å². The molecule has 0 spiro atoms. The molecule has 1 unspecified atom stereocenters. The molecule has 0 radical (unpaired) electrons. The molecule has 3 atom stereocenters. The second-order valence-electron chi connectivity index (χ2n) is 6.60. The number of terminal acetylenes is 1. The molecule has 2 saturated heterocycles. The minimum Gasteiger partial charge on any atom is -0.347 e. The molecule has 4 heteroatoms. The maximum absolute atomic E-state index is 12.5. The van der Waals surface area contributed by atoms with Gasteiger partial charge in [0, 0.05) is 36.3 Å². The molecule has 4 nitrogen and oxygen atoms in total. The number of amides is 1. The van der Waals surface area contributed by atoms with Gasteiger partial charge in [0.1, 0.15) is 5.69 Å². The third-order valence-electron chi connectivity index (χ3n) is 4.92. The first-order chi connectivity index (χ1) is 11.2. The summed E-state index contributed by atoms with van der Waals surface area (Å²) in [4.78, 5) is 19.3. The summed E-state index contributed by atoms with van der Waals surface area (Å²) in [5.74, 6) is 3.26. The van der Waals surface area contributed by atoms with Crippen LogP contribution >= 0.6 is 0 Å². The Morgan fingerprint density at radius 1 is 1.30 bits per heavy atom. The number of nitrogens with zero attached hydrogens (tertiary/aromatic N) is 2. The first kappa shape index (κ1) is 14.2. The molecule has 1 aromatic heterocycles. The highest BCUT2D eigenvalue weighted by atomic mass is 16.1. The van der Waals surface area contributed by atoms with Gasteiger partial charge >= 0.3 is 0 Å². The van der Waals surface area contributed by atoms with E-state index in [2.05, 4.69) is 21.1 Å². The Morgan fingerprint density at radius 3 is 3.04 bits per heavy atom. The predicted octanol–water partition coefficient (Wildman–Crippen LogP) is 2.04. The number of rotatable bonds is 2. The average Bonchev–Trinajstić information content (AvgIpc) is 2.92. The lowest BCUT2D eigenvalue weighted by Gasteiger charge is -2.30. The predicted molar refractivity (Wildman–Crippen MR) is 90.1 cm³/mol. The summed E-state index contributed by atoms with van der Waals surface area (Å²) in [6, 6.07) is 7.79. The van der Waals surface area contributed by atoms with Crippen molar-refractivity contribution in [3.8, 4) is 12.3 Å². The van der Waals surface area contributed by atoms with Crippen LogP contribution < -0.4 is 5.32 Å². The molecule has 0 saturated carbocycles. The Balaban J connectivity index is 1.53. The molecule has 2 aromatic rings. The summed E-state index contributed by atoms with van der Waals surface area (Å²) < 4.78 is 0. The Kier molecular flexibility index (Phi) is 3.51. The van der Waals surface area contributed by atoms with Crippen LogP contribution in [0.3, 0.4) is 0 Å². The van der Waals surface area contributed by atoms with Crippen molar-refractivity contribution in [2.45, 2.75) is 18.9 Å². The summed E-state index contributed by atoms with van der Waals surface area (Å²) >= 11 is 0. The maximum Gasteiger partial charge on any atom is 0.270 e. The summed E-state index contributed by atoms with van der Waals surface area (Å²) in [5, 5.41) is 5.09. The van der Waals surface area contributed by atoms with Crippen molar-refractivity contribution in [2.75, 3.05) is 19.6 Å². The lowest BCUT2D eigenvalue weighted by molar-refractivity contribution is 0.0904. The van der Waals surface area contributed by atoms with Crippen LogP contribution in [0.15, 0.2) is 30.5 Å². The molecule has 4 rings (SSSR count). The molecule has 2 fully saturated rings. The van der Waals surface area contributed by atoms with Gasteiger partial charge in [0.05, 0.1) is 0 Å². The zero-order valence-corrected chi connectivity index (χ0v) is 13.0. The number of hydrogen-bond acceptors (Lipinski definition) is 3. The number of pyridine rings is 1. The van der Waals surface area contributed by atoms with Crippen LogP contribution in [-0.4, -0.2) is 41.5 Å². The van der Waals surface area contributed by atoms with Gasteiger partial charge in [-0.3, -0.25) is 9.78 Å². The third kappa shape index (κ3) is 2.80. The van der Waals surface area contributed by atoms with E-state index in [1.165, 1.54) is 19.5 Å². The van der Waals surface area contributed by atoms with Gasteiger partial charge in [-0.15, -0.1) is 6.42 Å². The number of hydrogen-bond donors (Lipinski definition) is 1. The van der Waals surface area contributed by atoms with Crippen molar-refractivity contribution in [1.82, 2.24) is 15.2 Å². The lowest BCUT2D eigenvalue weighted by atomic mass is 9.97.